The minimum atomic E-state index is 0.0207. The Morgan fingerprint density at radius 2 is 2.08 bits per heavy atom. The van der Waals surface area contributed by atoms with Gasteiger partial charge in [-0.05, 0) is 50.5 Å². The SMILES string of the molecule is O=c1[nH]c(CSc2nnc(C3CC3)n2C2CC2)nc2sc3c(c12)CCC3. The van der Waals surface area contributed by atoms with Crippen molar-refractivity contribution < 1.29 is 0 Å². The van der Waals surface area contributed by atoms with Crippen LogP contribution in [0.2, 0.25) is 0 Å². The van der Waals surface area contributed by atoms with E-state index in [2.05, 4.69) is 19.7 Å². The summed E-state index contributed by atoms with van der Waals surface area (Å²) < 4.78 is 2.35. The van der Waals surface area contributed by atoms with Crippen LogP contribution in [0.1, 0.15) is 66.2 Å². The second-order valence-electron chi connectivity index (χ2n) is 7.56. The summed E-state index contributed by atoms with van der Waals surface area (Å²) in [6, 6.07) is 0.581. The molecule has 0 spiro atoms. The molecule has 6 rings (SSSR count). The third-order valence-corrected chi connectivity index (χ3v) is 7.65. The maximum atomic E-state index is 12.6. The molecule has 3 heterocycles. The van der Waals surface area contributed by atoms with Crippen LogP contribution in [0.25, 0.3) is 10.2 Å². The Morgan fingerprint density at radius 1 is 1.19 bits per heavy atom. The molecule has 2 fully saturated rings. The lowest BCUT2D eigenvalue weighted by atomic mass is 10.2. The summed E-state index contributed by atoms with van der Waals surface area (Å²) in [5, 5.41) is 10.7. The molecule has 0 aliphatic heterocycles. The van der Waals surface area contributed by atoms with E-state index in [1.165, 1.54) is 41.9 Å². The Hall–Kier alpha value is -1.67. The highest BCUT2D eigenvalue weighted by molar-refractivity contribution is 7.98. The van der Waals surface area contributed by atoms with E-state index in [4.69, 9.17) is 4.98 Å². The van der Waals surface area contributed by atoms with Crippen molar-refractivity contribution in [2.24, 2.45) is 0 Å². The minimum absolute atomic E-state index is 0.0207. The zero-order chi connectivity index (χ0) is 17.3. The van der Waals surface area contributed by atoms with Gasteiger partial charge in [-0.3, -0.25) is 4.79 Å². The molecule has 0 bridgehead atoms. The molecule has 0 atom stereocenters. The molecule has 0 unspecified atom stereocenters. The highest BCUT2D eigenvalue weighted by Crippen LogP contribution is 2.46. The lowest BCUT2D eigenvalue weighted by Crippen LogP contribution is -2.11. The minimum Gasteiger partial charge on any atom is -0.309 e. The van der Waals surface area contributed by atoms with Crippen molar-refractivity contribution in [1.29, 1.82) is 0 Å². The van der Waals surface area contributed by atoms with Crippen LogP contribution in [-0.2, 0) is 18.6 Å². The van der Waals surface area contributed by atoms with Crippen molar-refractivity contribution in [3.05, 3.63) is 32.4 Å². The molecular weight excluding hydrogens is 366 g/mol. The van der Waals surface area contributed by atoms with Crippen molar-refractivity contribution in [3.63, 3.8) is 0 Å². The molecule has 3 aromatic heterocycles. The summed E-state index contributed by atoms with van der Waals surface area (Å²) in [6.07, 6.45) is 8.21. The third kappa shape index (κ3) is 2.45. The maximum Gasteiger partial charge on any atom is 0.259 e. The Kier molecular flexibility index (Phi) is 3.35. The summed E-state index contributed by atoms with van der Waals surface area (Å²) in [7, 11) is 0. The number of fused-ring (bicyclic) bond motifs is 3. The fraction of sp³-hybridized carbons (Fsp3) is 0.556. The number of H-pyrrole nitrogens is 1. The monoisotopic (exact) mass is 385 g/mol. The van der Waals surface area contributed by atoms with Crippen molar-refractivity contribution in [3.8, 4) is 0 Å². The summed E-state index contributed by atoms with van der Waals surface area (Å²) in [5.74, 6) is 3.15. The van der Waals surface area contributed by atoms with Crippen LogP contribution in [0, 0.1) is 0 Å². The molecule has 3 aromatic rings. The normalized spacial score (nSPS) is 19.4. The second kappa shape index (κ2) is 5.66. The zero-order valence-electron chi connectivity index (χ0n) is 14.3. The van der Waals surface area contributed by atoms with Gasteiger partial charge in [0.05, 0.1) is 11.1 Å². The summed E-state index contributed by atoms with van der Waals surface area (Å²) in [5.41, 5.74) is 1.26. The first kappa shape index (κ1) is 15.4. The van der Waals surface area contributed by atoms with Gasteiger partial charge < -0.3 is 9.55 Å². The summed E-state index contributed by atoms with van der Waals surface area (Å²) >= 11 is 3.34. The lowest BCUT2D eigenvalue weighted by Gasteiger charge is -2.07. The van der Waals surface area contributed by atoms with E-state index in [0.29, 0.717) is 17.7 Å². The van der Waals surface area contributed by atoms with E-state index < -0.39 is 0 Å². The quantitative estimate of drug-likeness (QED) is 0.680. The van der Waals surface area contributed by atoms with Crippen molar-refractivity contribution in [2.45, 2.75) is 67.8 Å². The number of aromatic amines is 1. The molecule has 0 radical (unpaired) electrons. The van der Waals surface area contributed by atoms with Gasteiger partial charge in [-0.1, -0.05) is 11.8 Å². The van der Waals surface area contributed by atoms with E-state index in [-0.39, 0.29) is 5.56 Å². The number of nitrogens with zero attached hydrogens (tertiary/aromatic N) is 4. The van der Waals surface area contributed by atoms with Gasteiger partial charge in [0, 0.05) is 16.8 Å². The van der Waals surface area contributed by atoms with Crippen molar-refractivity contribution in [1.82, 2.24) is 24.7 Å². The molecule has 6 nitrogen and oxygen atoms in total. The fourth-order valence-corrected chi connectivity index (χ4v) is 6.09. The number of thioether (sulfide) groups is 1. The molecule has 2 saturated carbocycles. The Morgan fingerprint density at radius 3 is 2.88 bits per heavy atom. The molecule has 8 heteroatoms. The number of aromatic nitrogens is 5. The number of hydrogen-bond donors (Lipinski definition) is 1. The topological polar surface area (TPSA) is 76.5 Å². The fourth-order valence-electron chi connectivity index (χ4n) is 3.93. The van der Waals surface area contributed by atoms with E-state index in [1.807, 2.05) is 0 Å². The average Bonchev–Trinajstić information content (AvgIpc) is 3.53. The molecule has 134 valence electrons. The van der Waals surface area contributed by atoms with Crippen LogP contribution < -0.4 is 5.56 Å². The number of rotatable bonds is 5. The smallest absolute Gasteiger partial charge is 0.259 e. The number of thiophene rings is 1. The highest BCUT2D eigenvalue weighted by atomic mass is 32.2. The number of aryl methyl sites for hydroxylation is 2. The molecule has 0 saturated heterocycles. The van der Waals surface area contributed by atoms with E-state index in [1.54, 1.807) is 23.1 Å². The van der Waals surface area contributed by atoms with Crippen LogP contribution in [0.4, 0.5) is 0 Å². The average molecular weight is 386 g/mol. The van der Waals surface area contributed by atoms with Gasteiger partial charge in [-0.25, -0.2) is 4.98 Å². The van der Waals surface area contributed by atoms with Gasteiger partial charge in [-0.2, -0.15) is 0 Å². The van der Waals surface area contributed by atoms with E-state index in [9.17, 15) is 4.79 Å². The summed E-state index contributed by atoms with van der Waals surface area (Å²) in [6.45, 7) is 0. The Labute approximate surface area is 158 Å². The number of hydrogen-bond acceptors (Lipinski definition) is 6. The predicted octanol–water partition coefficient (Wildman–Crippen LogP) is 3.57. The van der Waals surface area contributed by atoms with Crippen molar-refractivity contribution in [2.75, 3.05) is 0 Å². The molecule has 1 N–H and O–H groups in total. The van der Waals surface area contributed by atoms with Gasteiger partial charge in [-0.15, -0.1) is 21.5 Å². The predicted molar refractivity (Wildman–Crippen MR) is 102 cm³/mol. The standard InChI is InChI=1S/C18H19N5OS2/c24-16-14-11-2-1-3-12(11)26-17(14)20-13(19-16)8-25-18-22-21-15(9-4-5-9)23(18)10-6-7-10/h9-10H,1-8H2,(H,19,20,24). The second-order valence-corrected chi connectivity index (χ2v) is 9.58. The molecule has 0 amide bonds. The van der Waals surface area contributed by atoms with E-state index in [0.717, 1.165) is 40.5 Å². The molecular formula is C18H19N5OS2. The van der Waals surface area contributed by atoms with Crippen LogP contribution in [0.3, 0.4) is 0 Å². The van der Waals surface area contributed by atoms with Crippen LogP contribution in [0.5, 0.6) is 0 Å². The van der Waals surface area contributed by atoms with Gasteiger partial charge >= 0.3 is 0 Å². The van der Waals surface area contributed by atoms with Gasteiger partial charge in [0.15, 0.2) is 5.16 Å². The Balaban J connectivity index is 1.30. The molecule has 26 heavy (non-hydrogen) atoms. The molecule has 0 aromatic carbocycles. The molecule has 3 aliphatic carbocycles. The Bertz CT molecular complexity index is 1070. The first-order chi connectivity index (χ1) is 12.8. The summed E-state index contributed by atoms with van der Waals surface area (Å²) in [4.78, 5) is 22.6. The van der Waals surface area contributed by atoms with Gasteiger partial charge in [0.2, 0.25) is 0 Å². The zero-order valence-corrected chi connectivity index (χ0v) is 16.0. The van der Waals surface area contributed by atoms with Crippen LogP contribution in [-0.4, -0.2) is 24.7 Å². The van der Waals surface area contributed by atoms with Crippen LogP contribution in [0.15, 0.2) is 9.95 Å². The van der Waals surface area contributed by atoms with Gasteiger partial charge in [0.25, 0.3) is 5.56 Å². The highest BCUT2D eigenvalue weighted by Gasteiger charge is 2.36. The van der Waals surface area contributed by atoms with Crippen LogP contribution >= 0.6 is 23.1 Å². The van der Waals surface area contributed by atoms with Crippen molar-refractivity contribution >= 4 is 33.3 Å². The lowest BCUT2D eigenvalue weighted by molar-refractivity contribution is 0.626. The van der Waals surface area contributed by atoms with E-state index >= 15 is 0 Å². The molecule has 3 aliphatic rings. The number of nitrogens with one attached hydrogen (secondary N) is 1. The first-order valence-corrected chi connectivity index (χ1v) is 11.2. The maximum absolute atomic E-state index is 12.6. The third-order valence-electron chi connectivity index (χ3n) is 5.51. The largest absolute Gasteiger partial charge is 0.309 e. The van der Waals surface area contributed by atoms with Gasteiger partial charge in [0.1, 0.15) is 16.5 Å². The first-order valence-electron chi connectivity index (χ1n) is 9.39.